The quantitative estimate of drug-likeness (QED) is 0.376. The van der Waals surface area contributed by atoms with Gasteiger partial charge in [0.2, 0.25) is 0 Å². The topological polar surface area (TPSA) is 93.1 Å². The maximum absolute atomic E-state index is 11.8. The number of benzene rings is 1. The van der Waals surface area contributed by atoms with Gasteiger partial charge in [-0.1, -0.05) is 0 Å². The van der Waals surface area contributed by atoms with Crippen LogP contribution < -0.4 is 0 Å². The SMILES string of the molecule is CC1(C)OC(=O)C(=Cc2c(O)cc(O)cc2CCl)C(=O)O1. The highest BCUT2D eigenvalue weighted by Crippen LogP contribution is 2.32. The van der Waals surface area contributed by atoms with Crippen molar-refractivity contribution in [3.63, 3.8) is 0 Å². The molecule has 1 aromatic rings. The minimum atomic E-state index is -1.34. The molecule has 7 heteroatoms. The van der Waals surface area contributed by atoms with Gasteiger partial charge in [-0.05, 0) is 17.7 Å². The van der Waals surface area contributed by atoms with Crippen molar-refractivity contribution in [1.82, 2.24) is 0 Å². The Hall–Kier alpha value is -2.21. The maximum Gasteiger partial charge on any atom is 0.348 e. The number of aromatic hydroxyl groups is 2. The molecular weight excluding hydrogens is 300 g/mol. The van der Waals surface area contributed by atoms with Crippen LogP contribution in [0.3, 0.4) is 0 Å². The summed E-state index contributed by atoms with van der Waals surface area (Å²) in [6.45, 7) is 2.86. The fraction of sp³-hybridized carbons (Fsp3) is 0.286. The van der Waals surface area contributed by atoms with Crippen molar-refractivity contribution >= 4 is 29.6 Å². The van der Waals surface area contributed by atoms with Crippen LogP contribution >= 0.6 is 11.6 Å². The Morgan fingerprint density at radius 2 is 1.76 bits per heavy atom. The summed E-state index contributed by atoms with van der Waals surface area (Å²) in [6, 6.07) is 2.40. The molecule has 0 aromatic heterocycles. The van der Waals surface area contributed by atoms with Gasteiger partial charge in [0.15, 0.2) is 0 Å². The highest BCUT2D eigenvalue weighted by atomic mass is 35.5. The van der Waals surface area contributed by atoms with Crippen LogP contribution in [0.2, 0.25) is 0 Å². The number of rotatable bonds is 2. The van der Waals surface area contributed by atoms with Crippen molar-refractivity contribution in [3.8, 4) is 11.5 Å². The van der Waals surface area contributed by atoms with Gasteiger partial charge < -0.3 is 19.7 Å². The molecule has 112 valence electrons. The molecule has 1 saturated heterocycles. The number of cyclic esters (lactones) is 2. The first-order chi connectivity index (χ1) is 9.73. The summed E-state index contributed by atoms with van der Waals surface area (Å²) in [6.07, 6.45) is 1.13. The van der Waals surface area contributed by atoms with Crippen LogP contribution in [0, 0.1) is 0 Å². The third kappa shape index (κ3) is 3.11. The molecule has 1 aromatic carbocycles. The van der Waals surface area contributed by atoms with E-state index in [-0.39, 0.29) is 28.5 Å². The minimum absolute atomic E-state index is 0.0311. The number of ether oxygens (including phenoxy) is 2. The summed E-state index contributed by atoms with van der Waals surface area (Å²) in [7, 11) is 0. The predicted octanol–water partition coefficient (Wildman–Crippen LogP) is 2.06. The second-order valence-electron chi connectivity index (χ2n) is 4.91. The highest BCUT2D eigenvalue weighted by molar-refractivity contribution is 6.20. The van der Waals surface area contributed by atoms with E-state index in [1.54, 1.807) is 0 Å². The van der Waals surface area contributed by atoms with Crippen LogP contribution in [0.15, 0.2) is 17.7 Å². The van der Waals surface area contributed by atoms with Crippen LogP contribution in [0.1, 0.15) is 25.0 Å². The fourth-order valence-electron chi connectivity index (χ4n) is 1.88. The van der Waals surface area contributed by atoms with E-state index in [4.69, 9.17) is 21.1 Å². The maximum atomic E-state index is 11.8. The van der Waals surface area contributed by atoms with Crippen LogP contribution in [0.5, 0.6) is 11.5 Å². The van der Waals surface area contributed by atoms with E-state index >= 15 is 0 Å². The molecule has 0 spiro atoms. The molecule has 6 nitrogen and oxygen atoms in total. The first kappa shape index (κ1) is 15.2. The number of hydrogen-bond acceptors (Lipinski definition) is 6. The second kappa shape index (κ2) is 5.29. The Bertz CT molecular complexity index is 625. The average Bonchev–Trinajstić information content (AvgIpc) is 2.33. The third-order valence-corrected chi connectivity index (χ3v) is 3.07. The highest BCUT2D eigenvalue weighted by Gasteiger charge is 2.39. The number of phenolic OH excluding ortho intramolecular Hbond substituents is 2. The Morgan fingerprint density at radius 1 is 1.19 bits per heavy atom. The zero-order chi connectivity index (χ0) is 15.8. The van der Waals surface area contributed by atoms with E-state index < -0.39 is 17.7 Å². The number of carbonyl (C=O) groups is 2. The van der Waals surface area contributed by atoms with E-state index in [9.17, 15) is 19.8 Å². The monoisotopic (exact) mass is 312 g/mol. The lowest BCUT2D eigenvalue weighted by Crippen LogP contribution is -2.41. The minimum Gasteiger partial charge on any atom is -0.508 e. The van der Waals surface area contributed by atoms with Crippen LogP contribution in [0.25, 0.3) is 6.08 Å². The molecule has 2 N–H and O–H groups in total. The van der Waals surface area contributed by atoms with Gasteiger partial charge in [-0.25, -0.2) is 9.59 Å². The van der Waals surface area contributed by atoms with Crippen molar-refractivity contribution in [2.45, 2.75) is 25.5 Å². The Kier molecular flexibility index (Phi) is 3.82. The molecule has 1 heterocycles. The van der Waals surface area contributed by atoms with E-state index in [0.717, 1.165) is 12.1 Å². The molecule has 0 amide bonds. The van der Waals surface area contributed by atoms with Crippen molar-refractivity contribution in [2.24, 2.45) is 0 Å². The van der Waals surface area contributed by atoms with Gasteiger partial charge in [0.1, 0.15) is 17.1 Å². The van der Waals surface area contributed by atoms with Gasteiger partial charge in [-0.3, -0.25) is 0 Å². The lowest BCUT2D eigenvalue weighted by Gasteiger charge is -2.29. The summed E-state index contributed by atoms with van der Waals surface area (Å²) in [5.74, 6) is -3.58. The molecule has 1 fully saturated rings. The van der Waals surface area contributed by atoms with Crippen LogP contribution in [-0.4, -0.2) is 27.9 Å². The van der Waals surface area contributed by atoms with Gasteiger partial charge >= 0.3 is 11.9 Å². The first-order valence-electron chi connectivity index (χ1n) is 6.02. The summed E-state index contributed by atoms with van der Waals surface area (Å²) in [5, 5.41) is 19.2. The van der Waals surface area contributed by atoms with Gasteiger partial charge in [-0.2, -0.15) is 0 Å². The Labute approximate surface area is 125 Å². The lowest BCUT2D eigenvalue weighted by molar-refractivity contribution is -0.222. The number of alkyl halides is 1. The number of halogens is 1. The number of hydrogen-bond donors (Lipinski definition) is 2. The normalized spacial score (nSPS) is 17.2. The molecule has 21 heavy (non-hydrogen) atoms. The molecule has 0 bridgehead atoms. The summed E-state index contributed by atoms with van der Waals surface area (Å²) in [5.41, 5.74) is 0.139. The van der Waals surface area contributed by atoms with Gasteiger partial charge in [0.25, 0.3) is 5.79 Å². The second-order valence-corrected chi connectivity index (χ2v) is 5.18. The summed E-state index contributed by atoms with van der Waals surface area (Å²) in [4.78, 5) is 23.7. The lowest BCUT2D eigenvalue weighted by atomic mass is 10.0. The van der Waals surface area contributed by atoms with Crippen LogP contribution in [-0.2, 0) is 24.9 Å². The smallest absolute Gasteiger partial charge is 0.348 e. The summed E-state index contributed by atoms with van der Waals surface area (Å²) < 4.78 is 9.90. The van der Waals surface area contributed by atoms with Gasteiger partial charge in [0, 0.05) is 31.4 Å². The number of phenols is 2. The molecule has 0 unspecified atom stereocenters. The Balaban J connectivity index is 2.49. The predicted molar refractivity (Wildman–Crippen MR) is 73.6 cm³/mol. The van der Waals surface area contributed by atoms with Crippen molar-refractivity contribution < 1.29 is 29.3 Å². The van der Waals surface area contributed by atoms with Gasteiger partial charge in [0.05, 0.1) is 0 Å². The third-order valence-electron chi connectivity index (χ3n) is 2.78. The van der Waals surface area contributed by atoms with E-state index in [2.05, 4.69) is 0 Å². The molecule has 1 aliphatic heterocycles. The van der Waals surface area contributed by atoms with Crippen LogP contribution in [0.4, 0.5) is 0 Å². The zero-order valence-corrected chi connectivity index (χ0v) is 12.1. The van der Waals surface area contributed by atoms with Gasteiger partial charge in [-0.15, -0.1) is 11.6 Å². The van der Waals surface area contributed by atoms with Crippen molar-refractivity contribution in [1.29, 1.82) is 0 Å². The molecule has 0 atom stereocenters. The van der Waals surface area contributed by atoms with E-state index in [1.165, 1.54) is 19.9 Å². The Morgan fingerprint density at radius 3 is 2.29 bits per heavy atom. The van der Waals surface area contributed by atoms with Crippen molar-refractivity contribution in [2.75, 3.05) is 0 Å². The average molecular weight is 313 g/mol. The standard InChI is InChI=1S/C14H13ClO6/c1-14(2)20-12(18)10(13(19)21-14)5-9-7(6-15)3-8(16)4-11(9)17/h3-5,16-17H,6H2,1-2H3. The fourth-order valence-corrected chi connectivity index (χ4v) is 2.10. The molecular formula is C14H13ClO6. The first-order valence-corrected chi connectivity index (χ1v) is 6.56. The molecule has 1 aliphatic rings. The largest absolute Gasteiger partial charge is 0.508 e. The molecule has 2 rings (SSSR count). The number of carbonyl (C=O) groups excluding carboxylic acids is 2. The van der Waals surface area contributed by atoms with E-state index in [0.29, 0.717) is 5.56 Å². The zero-order valence-electron chi connectivity index (χ0n) is 11.3. The summed E-state index contributed by atoms with van der Waals surface area (Å²) >= 11 is 5.73. The van der Waals surface area contributed by atoms with Crippen molar-refractivity contribution in [3.05, 3.63) is 28.8 Å². The van der Waals surface area contributed by atoms with E-state index in [1.807, 2.05) is 0 Å². The molecule has 0 saturated carbocycles. The molecule has 0 radical (unpaired) electrons. The number of esters is 2. The molecule has 0 aliphatic carbocycles.